The highest BCUT2D eigenvalue weighted by atomic mass is 16.4. The maximum atomic E-state index is 12.9. The molecule has 7 heteroatoms. The number of hydrogen-bond acceptors (Lipinski definition) is 5. The first kappa shape index (κ1) is 21.5. The topological polar surface area (TPSA) is 95.8 Å². The molecule has 0 aliphatic carbocycles. The van der Waals surface area contributed by atoms with Crippen LogP contribution in [0, 0.1) is 0 Å². The van der Waals surface area contributed by atoms with E-state index >= 15 is 0 Å². The number of hydrogen-bond donors (Lipinski definition) is 1. The highest BCUT2D eigenvalue weighted by Gasteiger charge is 2.33. The van der Waals surface area contributed by atoms with Crippen molar-refractivity contribution in [1.29, 1.82) is 0 Å². The van der Waals surface area contributed by atoms with Gasteiger partial charge in [0.15, 0.2) is 0 Å². The lowest BCUT2D eigenvalue weighted by molar-refractivity contribution is -0.141. The van der Waals surface area contributed by atoms with Crippen LogP contribution in [0.2, 0.25) is 0 Å². The standard InChI is InChI=1S/C27H22N4O3/c32-26(12-13-27(33)34)31-25(20-8-6-19(7-9-20)18-4-2-1-3-5-18)17-23(30-31)21-10-11-22-24(16-21)29-15-14-28-22/h1-11,14-16,25H,12-13,17H2,(H,33,34). The minimum absolute atomic E-state index is 0.103. The minimum Gasteiger partial charge on any atom is -0.481 e. The molecule has 7 nitrogen and oxygen atoms in total. The number of carbonyl (C=O) groups excluding carboxylic acids is 1. The summed E-state index contributed by atoms with van der Waals surface area (Å²) in [6.07, 6.45) is 3.48. The molecule has 2 heterocycles. The van der Waals surface area contributed by atoms with Gasteiger partial charge in [0, 0.05) is 30.8 Å². The molecule has 1 amide bonds. The van der Waals surface area contributed by atoms with Crippen LogP contribution in [0.3, 0.4) is 0 Å². The van der Waals surface area contributed by atoms with Gasteiger partial charge in [-0.05, 0) is 28.8 Å². The SMILES string of the molecule is O=C(O)CCC(=O)N1N=C(c2ccc3nccnc3c2)CC1c1ccc(-c2ccccc2)cc1. The van der Waals surface area contributed by atoms with E-state index in [0.29, 0.717) is 6.42 Å². The van der Waals surface area contributed by atoms with E-state index in [9.17, 15) is 9.59 Å². The number of amides is 1. The van der Waals surface area contributed by atoms with E-state index in [4.69, 9.17) is 5.11 Å². The van der Waals surface area contributed by atoms with Crippen molar-refractivity contribution in [2.45, 2.75) is 25.3 Å². The summed E-state index contributed by atoms with van der Waals surface area (Å²) in [6, 6.07) is 23.6. The third kappa shape index (κ3) is 4.41. The van der Waals surface area contributed by atoms with Crippen molar-refractivity contribution in [2.75, 3.05) is 0 Å². The Kier molecular flexibility index (Phi) is 5.82. The molecular formula is C27H22N4O3. The number of fused-ring (bicyclic) bond motifs is 1. The molecule has 1 atom stereocenters. The number of rotatable bonds is 6. The second kappa shape index (κ2) is 9.23. The van der Waals surface area contributed by atoms with Gasteiger partial charge in [0.25, 0.3) is 0 Å². The Morgan fingerprint density at radius 1 is 0.824 bits per heavy atom. The summed E-state index contributed by atoms with van der Waals surface area (Å²) >= 11 is 0. The molecule has 1 aliphatic rings. The van der Waals surface area contributed by atoms with Crippen LogP contribution in [0.15, 0.2) is 90.3 Å². The first-order chi connectivity index (χ1) is 16.6. The number of benzene rings is 3. The predicted octanol–water partition coefficient (Wildman–Crippen LogP) is 4.84. The van der Waals surface area contributed by atoms with Crippen LogP contribution in [0.5, 0.6) is 0 Å². The molecule has 0 radical (unpaired) electrons. The van der Waals surface area contributed by atoms with Gasteiger partial charge >= 0.3 is 5.97 Å². The fourth-order valence-electron chi connectivity index (χ4n) is 4.17. The van der Waals surface area contributed by atoms with Crippen LogP contribution in [0.1, 0.15) is 36.4 Å². The van der Waals surface area contributed by atoms with Crippen molar-refractivity contribution in [3.63, 3.8) is 0 Å². The van der Waals surface area contributed by atoms with Gasteiger partial charge in [-0.15, -0.1) is 0 Å². The zero-order chi connectivity index (χ0) is 23.5. The zero-order valence-corrected chi connectivity index (χ0v) is 18.3. The van der Waals surface area contributed by atoms with Crippen molar-refractivity contribution in [1.82, 2.24) is 15.0 Å². The van der Waals surface area contributed by atoms with E-state index in [1.165, 1.54) is 5.01 Å². The Hall–Kier alpha value is -4.39. The van der Waals surface area contributed by atoms with Gasteiger partial charge in [0.1, 0.15) is 0 Å². The molecule has 4 aromatic rings. The molecular weight excluding hydrogens is 428 g/mol. The maximum absolute atomic E-state index is 12.9. The Morgan fingerprint density at radius 3 is 2.24 bits per heavy atom. The molecule has 0 saturated heterocycles. The van der Waals surface area contributed by atoms with E-state index in [-0.39, 0.29) is 24.8 Å². The van der Waals surface area contributed by atoms with E-state index < -0.39 is 5.97 Å². The average Bonchev–Trinajstić information content (AvgIpc) is 3.33. The molecule has 5 rings (SSSR count). The monoisotopic (exact) mass is 450 g/mol. The number of carboxylic acid groups (broad SMARTS) is 1. The van der Waals surface area contributed by atoms with Crippen LogP contribution in [-0.2, 0) is 9.59 Å². The van der Waals surface area contributed by atoms with Gasteiger partial charge in [-0.2, -0.15) is 5.10 Å². The second-order valence-electron chi connectivity index (χ2n) is 8.15. The molecule has 168 valence electrons. The summed E-state index contributed by atoms with van der Waals surface area (Å²) in [7, 11) is 0. The Balaban J connectivity index is 1.46. The molecule has 0 spiro atoms. The summed E-state index contributed by atoms with van der Waals surface area (Å²) in [6.45, 7) is 0. The van der Waals surface area contributed by atoms with Gasteiger partial charge in [-0.3, -0.25) is 19.6 Å². The number of carbonyl (C=O) groups is 2. The average molecular weight is 450 g/mol. The first-order valence-corrected chi connectivity index (χ1v) is 11.1. The van der Waals surface area contributed by atoms with Crippen LogP contribution in [0.4, 0.5) is 0 Å². The summed E-state index contributed by atoms with van der Waals surface area (Å²) in [5.74, 6) is -1.32. The summed E-state index contributed by atoms with van der Waals surface area (Å²) in [5.41, 5.74) is 6.31. The van der Waals surface area contributed by atoms with Crippen molar-refractivity contribution < 1.29 is 14.7 Å². The third-order valence-electron chi connectivity index (χ3n) is 5.92. The van der Waals surface area contributed by atoms with Crippen molar-refractivity contribution in [3.8, 4) is 11.1 Å². The van der Waals surface area contributed by atoms with Crippen LogP contribution in [0.25, 0.3) is 22.2 Å². The molecule has 1 N–H and O–H groups in total. The van der Waals surface area contributed by atoms with E-state index in [0.717, 1.165) is 39.0 Å². The lowest BCUT2D eigenvalue weighted by Gasteiger charge is -2.22. The van der Waals surface area contributed by atoms with E-state index in [2.05, 4.69) is 27.2 Å². The molecule has 3 aromatic carbocycles. The van der Waals surface area contributed by atoms with Gasteiger partial charge in [0.05, 0.1) is 29.2 Å². The van der Waals surface area contributed by atoms with Gasteiger partial charge in [0.2, 0.25) is 5.91 Å². The molecule has 1 unspecified atom stereocenters. The third-order valence-corrected chi connectivity index (χ3v) is 5.92. The quantitative estimate of drug-likeness (QED) is 0.454. The van der Waals surface area contributed by atoms with Crippen molar-refractivity contribution >= 4 is 28.6 Å². The van der Waals surface area contributed by atoms with E-state index in [1.54, 1.807) is 12.4 Å². The Morgan fingerprint density at radius 2 is 1.50 bits per heavy atom. The molecule has 0 saturated carbocycles. The lowest BCUT2D eigenvalue weighted by Crippen LogP contribution is -2.27. The van der Waals surface area contributed by atoms with E-state index in [1.807, 2.05) is 60.7 Å². The fourth-order valence-corrected chi connectivity index (χ4v) is 4.17. The van der Waals surface area contributed by atoms with Crippen LogP contribution < -0.4 is 0 Å². The predicted molar refractivity (Wildman–Crippen MR) is 129 cm³/mol. The normalized spacial score (nSPS) is 15.4. The van der Waals surface area contributed by atoms with Crippen molar-refractivity contribution in [2.24, 2.45) is 5.10 Å². The zero-order valence-electron chi connectivity index (χ0n) is 18.3. The van der Waals surface area contributed by atoms with Gasteiger partial charge in [-0.1, -0.05) is 60.7 Å². The number of aromatic nitrogens is 2. The fraction of sp³-hybridized carbons (Fsp3) is 0.148. The summed E-state index contributed by atoms with van der Waals surface area (Å²) in [4.78, 5) is 32.7. The summed E-state index contributed by atoms with van der Waals surface area (Å²) < 4.78 is 0. The number of hydrazone groups is 1. The molecule has 0 fully saturated rings. The van der Waals surface area contributed by atoms with Crippen LogP contribution >= 0.6 is 0 Å². The Bertz CT molecular complexity index is 1380. The second-order valence-corrected chi connectivity index (χ2v) is 8.15. The highest BCUT2D eigenvalue weighted by Crippen LogP contribution is 2.35. The minimum atomic E-state index is -1.01. The molecule has 1 aromatic heterocycles. The molecule has 0 bridgehead atoms. The first-order valence-electron chi connectivity index (χ1n) is 11.1. The maximum Gasteiger partial charge on any atom is 0.303 e. The van der Waals surface area contributed by atoms with Gasteiger partial charge < -0.3 is 5.11 Å². The molecule has 34 heavy (non-hydrogen) atoms. The highest BCUT2D eigenvalue weighted by molar-refractivity contribution is 6.05. The number of carboxylic acids is 1. The molecule has 1 aliphatic heterocycles. The number of aliphatic carboxylic acids is 1. The van der Waals surface area contributed by atoms with Crippen LogP contribution in [-0.4, -0.2) is 37.7 Å². The lowest BCUT2D eigenvalue weighted by atomic mass is 9.96. The summed E-state index contributed by atoms with van der Waals surface area (Å²) in [5, 5.41) is 15.1. The number of nitrogens with zero attached hydrogens (tertiary/aromatic N) is 4. The van der Waals surface area contributed by atoms with Crippen molar-refractivity contribution in [3.05, 3.63) is 96.3 Å². The largest absolute Gasteiger partial charge is 0.481 e. The van der Waals surface area contributed by atoms with Gasteiger partial charge in [-0.25, -0.2) is 5.01 Å². The Labute approximate surface area is 196 Å². The smallest absolute Gasteiger partial charge is 0.303 e.